The highest BCUT2D eigenvalue weighted by Gasteiger charge is 2.41. The number of ketones is 1. The predicted octanol–water partition coefficient (Wildman–Crippen LogP) is 3.19. The summed E-state index contributed by atoms with van der Waals surface area (Å²) in [7, 11) is 0. The lowest BCUT2D eigenvalue weighted by atomic mass is 10.1. The molecule has 0 heterocycles. The first-order valence-corrected chi connectivity index (χ1v) is 5.86. The molecule has 7 heteroatoms. The van der Waals surface area contributed by atoms with E-state index in [0.717, 1.165) is 0 Å². The van der Waals surface area contributed by atoms with Crippen molar-refractivity contribution in [1.29, 1.82) is 0 Å². The van der Waals surface area contributed by atoms with Gasteiger partial charge in [-0.05, 0) is 19.1 Å². The molecule has 0 amide bonds. The molecule has 3 nitrogen and oxygen atoms in total. The van der Waals surface area contributed by atoms with Crippen molar-refractivity contribution in [3.05, 3.63) is 29.8 Å². The topological polar surface area (TPSA) is 35.5 Å². The van der Waals surface area contributed by atoms with Gasteiger partial charge in [-0.15, -0.1) is 0 Å². The maximum Gasteiger partial charge on any atom is 0.330 e. The smallest absolute Gasteiger partial charge is 0.330 e. The van der Waals surface area contributed by atoms with Gasteiger partial charge in [-0.1, -0.05) is 12.1 Å². The maximum absolute atomic E-state index is 12.6. The second kappa shape index (κ2) is 7.23. The minimum absolute atomic E-state index is 0.205. The number of hydrogen-bond acceptors (Lipinski definition) is 3. The van der Waals surface area contributed by atoms with Gasteiger partial charge in [-0.2, -0.15) is 8.78 Å². The Morgan fingerprint density at radius 3 is 2.65 bits per heavy atom. The molecule has 0 N–H and O–H groups in total. The molecule has 0 atom stereocenters. The molecular weight excluding hydrogens is 280 g/mol. The number of alkyl halides is 4. The Bertz CT molecular complexity index is 449. The van der Waals surface area contributed by atoms with Gasteiger partial charge in [0, 0.05) is 5.56 Å². The average Bonchev–Trinajstić information content (AvgIpc) is 2.39. The van der Waals surface area contributed by atoms with Crippen molar-refractivity contribution in [3.8, 4) is 5.75 Å². The monoisotopic (exact) mass is 294 g/mol. The largest absolute Gasteiger partial charge is 0.494 e. The summed E-state index contributed by atoms with van der Waals surface area (Å²) in [4.78, 5) is 11.6. The van der Waals surface area contributed by atoms with Gasteiger partial charge in [0.25, 0.3) is 0 Å². The van der Waals surface area contributed by atoms with E-state index in [2.05, 4.69) is 4.74 Å². The van der Waals surface area contributed by atoms with Crippen LogP contribution in [-0.2, 0) is 4.74 Å². The molecule has 0 spiro atoms. The molecule has 0 aliphatic heterocycles. The molecular formula is C13H14F4O3. The first-order valence-electron chi connectivity index (χ1n) is 5.86. The van der Waals surface area contributed by atoms with Gasteiger partial charge in [0.2, 0.25) is 0 Å². The highest BCUT2D eigenvalue weighted by atomic mass is 19.3. The number of rotatable bonds is 8. The van der Waals surface area contributed by atoms with Crippen molar-refractivity contribution in [2.45, 2.75) is 19.3 Å². The lowest BCUT2D eigenvalue weighted by Crippen LogP contribution is -2.33. The minimum Gasteiger partial charge on any atom is -0.494 e. The Labute approximate surface area is 113 Å². The summed E-state index contributed by atoms with van der Waals surface area (Å²) in [6.45, 7) is -0.0156. The molecule has 1 rings (SSSR count). The third-order valence-electron chi connectivity index (χ3n) is 2.31. The maximum atomic E-state index is 12.6. The Balaban J connectivity index is 2.53. The second-order valence-electron chi connectivity index (χ2n) is 3.94. The van der Waals surface area contributed by atoms with Crippen LogP contribution < -0.4 is 4.74 Å². The summed E-state index contributed by atoms with van der Waals surface area (Å²) < 4.78 is 58.4. The summed E-state index contributed by atoms with van der Waals surface area (Å²) in [5.41, 5.74) is 0.205. The molecule has 20 heavy (non-hydrogen) atoms. The van der Waals surface area contributed by atoms with Gasteiger partial charge in [0.1, 0.15) is 19.0 Å². The van der Waals surface area contributed by atoms with E-state index >= 15 is 0 Å². The van der Waals surface area contributed by atoms with Gasteiger partial charge in [-0.25, -0.2) is 8.78 Å². The third kappa shape index (κ3) is 4.80. The van der Waals surface area contributed by atoms with Crippen molar-refractivity contribution in [2.75, 3.05) is 19.8 Å². The van der Waals surface area contributed by atoms with E-state index in [9.17, 15) is 22.4 Å². The first kappa shape index (κ1) is 16.4. The lowest BCUT2D eigenvalue weighted by Gasteiger charge is -2.14. The first-order chi connectivity index (χ1) is 9.36. The number of Topliss-reactive ketones (excluding diaryl/α,β-unsaturated/α-hetero) is 1. The Kier molecular flexibility index (Phi) is 5.94. The zero-order chi connectivity index (χ0) is 15.2. The van der Waals surface area contributed by atoms with Crippen molar-refractivity contribution in [3.63, 3.8) is 0 Å². The number of hydrogen-bond donors (Lipinski definition) is 0. The molecule has 0 bridgehead atoms. The molecule has 0 saturated heterocycles. The van der Waals surface area contributed by atoms with E-state index in [1.165, 1.54) is 12.1 Å². The predicted molar refractivity (Wildman–Crippen MR) is 63.7 cm³/mol. The number of halogens is 4. The van der Waals surface area contributed by atoms with Crippen LogP contribution in [0, 0.1) is 0 Å². The second-order valence-corrected chi connectivity index (χ2v) is 3.94. The van der Waals surface area contributed by atoms with Gasteiger partial charge in [0.15, 0.2) is 5.78 Å². The SMILES string of the molecule is CCOc1cccc(C(=O)COCC(F)(F)C(F)F)c1. The number of ether oxygens (including phenoxy) is 2. The van der Waals surface area contributed by atoms with Gasteiger partial charge < -0.3 is 9.47 Å². The van der Waals surface area contributed by atoms with Crippen LogP contribution in [0.25, 0.3) is 0 Å². The van der Waals surface area contributed by atoms with Gasteiger partial charge in [0.05, 0.1) is 6.61 Å². The van der Waals surface area contributed by atoms with Crippen molar-refractivity contribution < 1.29 is 31.8 Å². The van der Waals surface area contributed by atoms with Crippen LogP contribution >= 0.6 is 0 Å². The number of carbonyl (C=O) groups excluding carboxylic acids is 1. The molecule has 1 aromatic rings. The third-order valence-corrected chi connectivity index (χ3v) is 2.31. The van der Waals surface area contributed by atoms with Crippen LogP contribution in [0.4, 0.5) is 17.6 Å². The zero-order valence-electron chi connectivity index (χ0n) is 10.7. The fourth-order valence-corrected chi connectivity index (χ4v) is 1.35. The van der Waals surface area contributed by atoms with Gasteiger partial charge in [-0.3, -0.25) is 4.79 Å². The summed E-state index contributed by atoms with van der Waals surface area (Å²) in [5, 5.41) is 0. The Morgan fingerprint density at radius 2 is 2.05 bits per heavy atom. The molecule has 0 saturated carbocycles. The van der Waals surface area contributed by atoms with Crippen molar-refractivity contribution in [2.24, 2.45) is 0 Å². The van der Waals surface area contributed by atoms with Crippen molar-refractivity contribution >= 4 is 5.78 Å². The standard InChI is InChI=1S/C13H14F4O3/c1-2-20-10-5-3-4-9(6-10)11(18)7-19-8-13(16,17)12(14)15/h3-6,12H,2,7-8H2,1H3. The lowest BCUT2D eigenvalue weighted by molar-refractivity contribution is -0.163. The number of benzene rings is 1. The van der Waals surface area contributed by atoms with E-state index in [1.807, 2.05) is 0 Å². The van der Waals surface area contributed by atoms with Crippen LogP contribution in [-0.4, -0.2) is 38.0 Å². The van der Waals surface area contributed by atoms with E-state index in [-0.39, 0.29) is 5.56 Å². The van der Waals surface area contributed by atoms with Crippen molar-refractivity contribution in [1.82, 2.24) is 0 Å². The molecule has 0 aliphatic carbocycles. The normalized spacial score (nSPS) is 11.7. The number of carbonyl (C=O) groups is 1. The van der Waals surface area contributed by atoms with Crippen LogP contribution in [0.5, 0.6) is 5.75 Å². The summed E-state index contributed by atoms with van der Waals surface area (Å²) in [6.07, 6.45) is -3.82. The van der Waals surface area contributed by atoms with E-state index in [0.29, 0.717) is 12.4 Å². The zero-order valence-corrected chi connectivity index (χ0v) is 10.7. The molecule has 112 valence electrons. The summed E-state index contributed by atoms with van der Waals surface area (Å²) >= 11 is 0. The van der Waals surface area contributed by atoms with E-state index < -0.39 is 31.3 Å². The highest BCUT2D eigenvalue weighted by Crippen LogP contribution is 2.23. The molecule has 0 fully saturated rings. The fraction of sp³-hybridized carbons (Fsp3) is 0.462. The van der Waals surface area contributed by atoms with E-state index in [1.54, 1.807) is 19.1 Å². The van der Waals surface area contributed by atoms with E-state index in [4.69, 9.17) is 4.74 Å². The Morgan fingerprint density at radius 1 is 1.35 bits per heavy atom. The summed E-state index contributed by atoms with van der Waals surface area (Å²) in [6, 6.07) is 6.08. The molecule has 0 aliphatic rings. The summed E-state index contributed by atoms with van der Waals surface area (Å²) in [5.74, 6) is -4.39. The molecule has 0 unspecified atom stereocenters. The molecule has 0 aromatic heterocycles. The highest BCUT2D eigenvalue weighted by molar-refractivity contribution is 5.97. The van der Waals surface area contributed by atoms with Gasteiger partial charge >= 0.3 is 12.3 Å². The fourth-order valence-electron chi connectivity index (χ4n) is 1.35. The van der Waals surface area contributed by atoms with Crippen LogP contribution in [0.2, 0.25) is 0 Å². The average molecular weight is 294 g/mol. The Hall–Kier alpha value is -1.63. The van der Waals surface area contributed by atoms with Crippen LogP contribution in [0.15, 0.2) is 24.3 Å². The molecule has 1 aromatic carbocycles. The van der Waals surface area contributed by atoms with Crippen LogP contribution in [0.3, 0.4) is 0 Å². The van der Waals surface area contributed by atoms with Crippen LogP contribution in [0.1, 0.15) is 17.3 Å². The quantitative estimate of drug-likeness (QED) is 0.545. The minimum atomic E-state index is -4.26. The molecule has 0 radical (unpaired) electrons.